The predicted octanol–water partition coefficient (Wildman–Crippen LogP) is 4.94. The Morgan fingerprint density at radius 3 is 2.36 bits per heavy atom. The molecule has 0 radical (unpaired) electrons. The van der Waals surface area contributed by atoms with Crippen LogP contribution in [-0.2, 0) is 17.9 Å². The molecule has 1 unspecified atom stereocenters. The van der Waals surface area contributed by atoms with E-state index in [1.807, 2.05) is 73.7 Å². The third kappa shape index (κ3) is 7.85. The molecule has 1 aliphatic carbocycles. The fraction of sp³-hybridized carbons (Fsp3) is 0.417. The van der Waals surface area contributed by atoms with Gasteiger partial charge >= 0.3 is 0 Å². The number of piperidine rings is 1. The lowest BCUT2D eigenvalue weighted by atomic mass is 9.90. The van der Waals surface area contributed by atoms with Crippen molar-refractivity contribution in [2.24, 2.45) is 5.73 Å². The van der Waals surface area contributed by atoms with Crippen molar-refractivity contribution in [3.8, 4) is 11.8 Å². The number of nitriles is 1. The normalized spacial score (nSPS) is 21.8. The summed E-state index contributed by atoms with van der Waals surface area (Å²) in [6.07, 6.45) is 4.76. The number of hydrogen-bond donors (Lipinski definition) is 2. The fourth-order valence-electron chi connectivity index (χ4n) is 6.43. The molecule has 230 valence electrons. The third-order valence-corrected chi connectivity index (χ3v) is 9.06. The summed E-state index contributed by atoms with van der Waals surface area (Å²) in [5.41, 5.74) is 10.6. The Labute approximate surface area is 260 Å². The molecule has 3 aromatic carbocycles. The van der Waals surface area contributed by atoms with Crippen LogP contribution in [0.15, 0.2) is 72.8 Å². The molecule has 3 N–H and O–H groups in total. The van der Waals surface area contributed by atoms with Gasteiger partial charge in [-0.3, -0.25) is 14.5 Å². The molecule has 2 fully saturated rings. The number of aryl methyl sites for hydroxylation is 1. The van der Waals surface area contributed by atoms with Gasteiger partial charge in [0.05, 0.1) is 18.7 Å². The highest BCUT2D eigenvalue weighted by Gasteiger charge is 2.39. The van der Waals surface area contributed by atoms with Gasteiger partial charge in [0.25, 0.3) is 5.91 Å². The van der Waals surface area contributed by atoms with Crippen LogP contribution in [0.5, 0.6) is 5.75 Å². The van der Waals surface area contributed by atoms with E-state index >= 15 is 0 Å². The zero-order valence-electron chi connectivity index (χ0n) is 25.7. The van der Waals surface area contributed by atoms with Crippen molar-refractivity contribution in [3.05, 3.63) is 101 Å². The van der Waals surface area contributed by atoms with Gasteiger partial charge in [-0.25, -0.2) is 0 Å². The molecular weight excluding hydrogens is 550 g/mol. The van der Waals surface area contributed by atoms with Crippen LogP contribution >= 0.6 is 0 Å². The first-order chi connectivity index (χ1) is 21.3. The molecule has 8 heteroatoms. The minimum atomic E-state index is -0.591. The lowest BCUT2D eigenvalue weighted by molar-refractivity contribution is -0.128. The van der Waals surface area contributed by atoms with E-state index in [1.165, 1.54) is 0 Å². The summed E-state index contributed by atoms with van der Waals surface area (Å²) in [6, 6.07) is 25.2. The Kier molecular flexibility index (Phi) is 10.3. The van der Waals surface area contributed by atoms with E-state index in [-0.39, 0.29) is 29.9 Å². The van der Waals surface area contributed by atoms with Crippen molar-refractivity contribution in [2.75, 3.05) is 13.7 Å². The van der Waals surface area contributed by atoms with Crippen LogP contribution in [0.4, 0.5) is 0 Å². The van der Waals surface area contributed by atoms with Crippen LogP contribution in [0, 0.1) is 18.3 Å². The van der Waals surface area contributed by atoms with Gasteiger partial charge < -0.3 is 20.7 Å². The minimum absolute atomic E-state index is 0.0504. The molecule has 2 atom stereocenters. The van der Waals surface area contributed by atoms with E-state index in [0.717, 1.165) is 54.5 Å². The topological polar surface area (TPSA) is 112 Å². The van der Waals surface area contributed by atoms with Crippen LogP contribution in [-0.4, -0.2) is 59.4 Å². The number of amides is 2. The predicted molar refractivity (Wildman–Crippen MR) is 171 cm³/mol. The first kappa shape index (κ1) is 31.2. The highest BCUT2D eigenvalue weighted by atomic mass is 16.5. The number of ether oxygens (including phenoxy) is 1. The molecular formula is C36H43N5O3. The van der Waals surface area contributed by atoms with E-state index in [1.54, 1.807) is 12.0 Å². The Morgan fingerprint density at radius 1 is 0.977 bits per heavy atom. The Balaban J connectivity index is 1.41. The number of hydrogen-bond acceptors (Lipinski definition) is 6. The van der Waals surface area contributed by atoms with Crippen molar-refractivity contribution in [1.29, 1.82) is 5.26 Å². The van der Waals surface area contributed by atoms with Gasteiger partial charge in [0.1, 0.15) is 11.8 Å². The molecule has 2 aliphatic rings. The van der Waals surface area contributed by atoms with Gasteiger partial charge in [-0.1, -0.05) is 42.0 Å². The molecule has 0 bridgehead atoms. The number of nitrogens with two attached hydrogens (primary N) is 1. The van der Waals surface area contributed by atoms with Crippen molar-refractivity contribution < 1.29 is 14.3 Å². The lowest BCUT2D eigenvalue weighted by Crippen LogP contribution is -2.58. The summed E-state index contributed by atoms with van der Waals surface area (Å²) in [6.45, 7) is 3.78. The summed E-state index contributed by atoms with van der Waals surface area (Å²) in [7, 11) is 1.66. The Bertz CT molecular complexity index is 1460. The first-order valence-corrected chi connectivity index (χ1v) is 15.6. The molecule has 1 aliphatic heterocycles. The molecule has 5 rings (SSSR count). The number of nitrogens with one attached hydrogen (secondary N) is 1. The first-order valence-electron chi connectivity index (χ1n) is 15.6. The third-order valence-electron chi connectivity index (χ3n) is 9.06. The fourth-order valence-corrected chi connectivity index (χ4v) is 6.43. The Hall–Kier alpha value is -4.19. The van der Waals surface area contributed by atoms with E-state index < -0.39 is 6.04 Å². The van der Waals surface area contributed by atoms with Gasteiger partial charge in [-0.2, -0.15) is 5.26 Å². The van der Waals surface area contributed by atoms with Crippen molar-refractivity contribution in [2.45, 2.75) is 82.7 Å². The van der Waals surface area contributed by atoms with Crippen LogP contribution in [0.2, 0.25) is 0 Å². The zero-order valence-corrected chi connectivity index (χ0v) is 25.7. The monoisotopic (exact) mass is 593 g/mol. The van der Waals surface area contributed by atoms with Crippen molar-refractivity contribution >= 4 is 11.8 Å². The maximum Gasteiger partial charge on any atom is 0.254 e. The summed E-state index contributed by atoms with van der Waals surface area (Å²) < 4.78 is 5.49. The molecule has 2 amide bonds. The number of nitrogens with zero attached hydrogens (tertiary/aromatic N) is 3. The number of carbonyl (C=O) groups is 2. The largest absolute Gasteiger partial charge is 0.497 e. The van der Waals surface area contributed by atoms with Gasteiger partial charge in [0.2, 0.25) is 5.91 Å². The molecule has 1 saturated heterocycles. The van der Waals surface area contributed by atoms with Gasteiger partial charge in [-0.05, 0) is 93.0 Å². The maximum atomic E-state index is 14.0. The maximum absolute atomic E-state index is 14.0. The molecule has 1 saturated carbocycles. The average Bonchev–Trinajstić information content (AvgIpc) is 3.05. The quantitative estimate of drug-likeness (QED) is 0.364. The SMILES string of the molecule is COc1cccc(CN(Cc2ccc(C#N)cc2)C2CCN(C(=O)c3ccc(C)cc3)[C@@H](C(=O)NC3CCC(N)CC3)C2)c1. The van der Waals surface area contributed by atoms with Gasteiger partial charge in [-0.15, -0.1) is 0 Å². The van der Waals surface area contributed by atoms with Crippen molar-refractivity contribution in [1.82, 2.24) is 15.1 Å². The van der Waals surface area contributed by atoms with Gasteiger partial charge in [0, 0.05) is 43.3 Å². The minimum Gasteiger partial charge on any atom is -0.497 e. The Morgan fingerprint density at radius 2 is 1.68 bits per heavy atom. The second-order valence-electron chi connectivity index (χ2n) is 12.2. The van der Waals surface area contributed by atoms with E-state index in [0.29, 0.717) is 37.2 Å². The standard InChI is InChI=1S/C36H43N5O3/c1-25-6-12-29(13-7-25)36(43)41-19-18-32(21-34(41)35(42)39-31-16-14-30(38)15-17-31)40(23-27-10-8-26(22-37)9-11-27)24-28-4-3-5-33(20-28)44-2/h3-13,20,30-32,34H,14-19,21,23-24,38H2,1-2H3,(H,39,42)/t30?,31?,32?,34-/m1/s1. The van der Waals surface area contributed by atoms with E-state index in [2.05, 4.69) is 22.4 Å². The number of benzene rings is 3. The molecule has 0 aromatic heterocycles. The number of carbonyl (C=O) groups excluding carboxylic acids is 2. The lowest BCUT2D eigenvalue weighted by Gasteiger charge is -2.43. The molecule has 1 heterocycles. The molecule has 44 heavy (non-hydrogen) atoms. The summed E-state index contributed by atoms with van der Waals surface area (Å²) in [5.74, 6) is 0.597. The highest BCUT2D eigenvalue weighted by Crippen LogP contribution is 2.29. The number of rotatable bonds is 9. The van der Waals surface area contributed by atoms with E-state index in [9.17, 15) is 14.9 Å². The average molecular weight is 594 g/mol. The molecule has 0 spiro atoms. The summed E-state index contributed by atoms with van der Waals surface area (Å²) in [4.78, 5) is 32.0. The van der Waals surface area contributed by atoms with Gasteiger partial charge in [0.15, 0.2) is 0 Å². The summed E-state index contributed by atoms with van der Waals surface area (Å²) >= 11 is 0. The second kappa shape index (κ2) is 14.5. The summed E-state index contributed by atoms with van der Waals surface area (Å²) in [5, 5.41) is 12.6. The van der Waals surface area contributed by atoms with Crippen LogP contribution in [0.1, 0.15) is 71.1 Å². The number of likely N-dealkylation sites (tertiary alicyclic amines) is 1. The molecule has 8 nitrogen and oxygen atoms in total. The highest BCUT2D eigenvalue weighted by molar-refractivity contribution is 5.97. The smallest absolute Gasteiger partial charge is 0.254 e. The second-order valence-corrected chi connectivity index (χ2v) is 12.2. The van der Waals surface area contributed by atoms with Crippen molar-refractivity contribution in [3.63, 3.8) is 0 Å². The van der Waals surface area contributed by atoms with Crippen LogP contribution < -0.4 is 15.8 Å². The number of methoxy groups -OCH3 is 1. The zero-order chi connectivity index (χ0) is 31.1. The van der Waals surface area contributed by atoms with Crippen LogP contribution in [0.3, 0.4) is 0 Å². The van der Waals surface area contributed by atoms with E-state index in [4.69, 9.17) is 10.5 Å². The molecule has 3 aromatic rings. The van der Waals surface area contributed by atoms with Crippen LogP contribution in [0.25, 0.3) is 0 Å².